The number of anilines is 4. The lowest BCUT2D eigenvalue weighted by molar-refractivity contribution is -0.155. The molecule has 4 aromatic rings. The first-order valence-corrected chi connectivity index (χ1v) is 13.7. The maximum absolute atomic E-state index is 12.4. The topological polar surface area (TPSA) is 211 Å². The van der Waals surface area contributed by atoms with E-state index in [1.807, 2.05) is 0 Å². The lowest BCUT2D eigenvalue weighted by Gasteiger charge is -2.20. The van der Waals surface area contributed by atoms with Gasteiger partial charge in [0.2, 0.25) is 17.8 Å². The summed E-state index contributed by atoms with van der Waals surface area (Å²) in [6.45, 7) is 5.25. The number of primary amides is 1. The molecule has 1 atom stereocenters. The van der Waals surface area contributed by atoms with E-state index in [0.717, 1.165) is 5.69 Å². The summed E-state index contributed by atoms with van der Waals surface area (Å²) in [6, 6.07) is 15.4. The third-order valence-electron chi connectivity index (χ3n) is 5.63. The van der Waals surface area contributed by atoms with Crippen LogP contribution in [-0.2, 0) is 14.3 Å². The number of aromatic nitrogens is 4. The predicted molar refractivity (Wildman–Crippen MR) is 166 cm³/mol. The number of amides is 2. The minimum absolute atomic E-state index is 0.0366. The number of hydrogen-bond donors (Lipinski definition) is 5. The van der Waals surface area contributed by atoms with Gasteiger partial charge in [0.25, 0.3) is 5.91 Å². The van der Waals surface area contributed by atoms with Crippen molar-refractivity contribution >= 4 is 47.0 Å². The number of benzene rings is 2. The molecule has 0 saturated heterocycles. The molecule has 1 unspecified atom stereocenters. The number of nitrogens with two attached hydrogens (primary N) is 1. The zero-order valence-electron chi connectivity index (χ0n) is 24.9. The van der Waals surface area contributed by atoms with Crippen molar-refractivity contribution in [1.82, 2.24) is 25.3 Å². The van der Waals surface area contributed by atoms with Crippen molar-refractivity contribution in [2.75, 3.05) is 10.6 Å². The third-order valence-corrected chi connectivity index (χ3v) is 5.63. The molecule has 14 nitrogen and oxygen atoms in total. The molecule has 6 N–H and O–H groups in total. The van der Waals surface area contributed by atoms with Gasteiger partial charge >= 0.3 is 11.9 Å². The number of hydrogen-bond acceptors (Lipinski definition) is 11. The average molecular weight is 615 g/mol. The van der Waals surface area contributed by atoms with Gasteiger partial charge in [-0.15, -0.1) is 0 Å². The van der Waals surface area contributed by atoms with Gasteiger partial charge < -0.3 is 31.5 Å². The van der Waals surface area contributed by atoms with Gasteiger partial charge in [-0.05, 0) is 87.9 Å². The summed E-state index contributed by atoms with van der Waals surface area (Å²) < 4.78 is 5.20. The monoisotopic (exact) mass is 614 g/mol. The van der Waals surface area contributed by atoms with Gasteiger partial charge in [0.15, 0.2) is 0 Å². The number of carboxylic acid groups (broad SMARTS) is 1. The molecule has 0 spiro atoms. The average Bonchev–Trinajstić information content (AvgIpc) is 3.00. The van der Waals surface area contributed by atoms with Crippen LogP contribution in [0.5, 0.6) is 0 Å². The van der Waals surface area contributed by atoms with Crippen LogP contribution in [0.2, 0.25) is 0 Å². The van der Waals surface area contributed by atoms with Crippen molar-refractivity contribution in [3.8, 4) is 0 Å². The van der Waals surface area contributed by atoms with Crippen LogP contribution in [0.15, 0.2) is 85.5 Å². The first-order chi connectivity index (χ1) is 21.4. The molecule has 0 bridgehead atoms. The molecule has 14 heteroatoms. The largest absolute Gasteiger partial charge is 0.478 e. The number of ether oxygens (including phenoxy) is 1. The molecule has 0 fully saturated rings. The number of carbonyl (C=O) groups excluding carboxylic acids is 3. The van der Waals surface area contributed by atoms with Crippen molar-refractivity contribution in [3.63, 3.8) is 0 Å². The number of nitrogens with zero attached hydrogens (tertiary/aromatic N) is 4. The lowest BCUT2D eigenvalue weighted by atomic mass is 10.1. The first kappa shape index (κ1) is 33.6. The van der Waals surface area contributed by atoms with E-state index in [9.17, 15) is 19.2 Å². The van der Waals surface area contributed by atoms with Gasteiger partial charge in [0, 0.05) is 48.1 Å². The van der Waals surface area contributed by atoms with Crippen LogP contribution in [0.3, 0.4) is 0 Å². The van der Waals surface area contributed by atoms with E-state index in [0.29, 0.717) is 23.1 Å². The zero-order valence-corrected chi connectivity index (χ0v) is 24.9. The molecule has 2 aromatic carbocycles. The number of nitrogens with one attached hydrogen (secondary N) is 3. The second kappa shape index (κ2) is 16.1. The predicted octanol–water partition coefficient (Wildman–Crippen LogP) is 3.84. The van der Waals surface area contributed by atoms with Crippen LogP contribution in [-0.4, -0.2) is 60.4 Å². The fourth-order valence-electron chi connectivity index (χ4n) is 3.57. The summed E-state index contributed by atoms with van der Waals surface area (Å²) in [5.74, 6) is -1.69. The fourth-order valence-corrected chi connectivity index (χ4v) is 3.57. The second-order valence-electron chi connectivity index (χ2n) is 10.4. The van der Waals surface area contributed by atoms with Crippen LogP contribution in [0.1, 0.15) is 54.3 Å². The Balaban J connectivity index is 0.000000289. The third kappa shape index (κ3) is 12.1. The molecule has 0 radical (unpaired) electrons. The minimum atomic E-state index is -0.981. The van der Waals surface area contributed by atoms with E-state index in [2.05, 4.69) is 35.9 Å². The maximum atomic E-state index is 12.4. The Kier molecular flexibility index (Phi) is 12.0. The van der Waals surface area contributed by atoms with E-state index in [1.54, 1.807) is 94.1 Å². The Morgan fingerprint density at radius 3 is 1.62 bits per heavy atom. The van der Waals surface area contributed by atoms with Gasteiger partial charge in [0.1, 0.15) is 11.6 Å². The highest BCUT2D eigenvalue weighted by Crippen LogP contribution is 2.15. The number of rotatable bonds is 11. The molecule has 0 aliphatic rings. The standard InChI is InChI=1S/C20H25N5O4.C11H9N3O2/c1-20(2,3)29-16(26)10-9-15(17(21)27)25-18(28)13-5-7-14(8-6-13)24-19-22-11-4-12-23-19;15-10(16)8-2-4-9(5-3-8)14-11-12-6-1-7-13-11/h4-8,11-12,15H,9-10H2,1-3H3,(H2,21,27)(H,25,28)(H,22,23,24);1-7H,(H,15,16)(H,12,13,14). The van der Waals surface area contributed by atoms with Crippen molar-refractivity contribution in [2.24, 2.45) is 5.73 Å². The van der Waals surface area contributed by atoms with E-state index in [-0.39, 0.29) is 18.4 Å². The Labute approximate surface area is 259 Å². The summed E-state index contributed by atoms with van der Waals surface area (Å²) in [7, 11) is 0. The van der Waals surface area contributed by atoms with Gasteiger partial charge in [-0.1, -0.05) is 0 Å². The molecule has 45 heavy (non-hydrogen) atoms. The second-order valence-corrected chi connectivity index (χ2v) is 10.4. The molecule has 2 heterocycles. The Morgan fingerprint density at radius 1 is 0.778 bits per heavy atom. The van der Waals surface area contributed by atoms with Gasteiger partial charge in [-0.3, -0.25) is 14.4 Å². The fraction of sp³-hybridized carbons (Fsp3) is 0.226. The van der Waals surface area contributed by atoms with E-state index >= 15 is 0 Å². The van der Waals surface area contributed by atoms with Gasteiger partial charge in [-0.25, -0.2) is 24.7 Å². The lowest BCUT2D eigenvalue weighted by Crippen LogP contribution is -2.44. The molecule has 0 aliphatic carbocycles. The van der Waals surface area contributed by atoms with Crippen molar-refractivity contribution in [1.29, 1.82) is 0 Å². The Hall–Kier alpha value is -5.92. The van der Waals surface area contributed by atoms with Crippen molar-refractivity contribution < 1.29 is 29.0 Å². The van der Waals surface area contributed by atoms with Crippen LogP contribution >= 0.6 is 0 Å². The molecule has 2 aromatic heterocycles. The normalized spacial score (nSPS) is 11.2. The molecule has 234 valence electrons. The van der Waals surface area contributed by atoms with E-state index in [4.69, 9.17) is 15.6 Å². The first-order valence-electron chi connectivity index (χ1n) is 13.7. The number of carboxylic acids is 1. The number of aromatic carboxylic acids is 1. The molecule has 4 rings (SSSR count). The highest BCUT2D eigenvalue weighted by molar-refractivity contribution is 5.97. The molecular weight excluding hydrogens is 580 g/mol. The SMILES string of the molecule is CC(C)(C)OC(=O)CCC(NC(=O)c1ccc(Nc2ncccn2)cc1)C(N)=O.O=C(O)c1ccc(Nc2ncccn2)cc1. The Bertz CT molecular complexity index is 1560. The van der Waals surface area contributed by atoms with E-state index in [1.165, 1.54) is 12.1 Å². The maximum Gasteiger partial charge on any atom is 0.335 e. The smallest absolute Gasteiger partial charge is 0.335 e. The minimum Gasteiger partial charge on any atom is -0.478 e. The highest BCUT2D eigenvalue weighted by atomic mass is 16.6. The van der Waals surface area contributed by atoms with Crippen LogP contribution in [0, 0.1) is 0 Å². The quantitative estimate of drug-likeness (QED) is 0.153. The van der Waals surface area contributed by atoms with Crippen LogP contribution in [0.25, 0.3) is 0 Å². The van der Waals surface area contributed by atoms with Crippen molar-refractivity contribution in [3.05, 3.63) is 96.6 Å². The summed E-state index contributed by atoms with van der Waals surface area (Å²) in [4.78, 5) is 62.6. The summed E-state index contributed by atoms with van der Waals surface area (Å²) in [6.07, 6.45) is 6.49. The van der Waals surface area contributed by atoms with Gasteiger partial charge in [-0.2, -0.15) is 0 Å². The Morgan fingerprint density at radius 2 is 1.22 bits per heavy atom. The van der Waals surface area contributed by atoms with Crippen LogP contribution < -0.4 is 21.7 Å². The summed E-state index contributed by atoms with van der Waals surface area (Å²) in [5, 5.41) is 17.2. The van der Waals surface area contributed by atoms with Gasteiger partial charge in [0.05, 0.1) is 5.56 Å². The summed E-state index contributed by atoms with van der Waals surface area (Å²) >= 11 is 0. The molecule has 0 aliphatic heterocycles. The van der Waals surface area contributed by atoms with E-state index < -0.39 is 35.4 Å². The van der Waals surface area contributed by atoms with Crippen molar-refractivity contribution in [2.45, 2.75) is 45.3 Å². The molecular formula is C31H34N8O6. The summed E-state index contributed by atoms with van der Waals surface area (Å²) in [5.41, 5.74) is 6.77. The van der Waals surface area contributed by atoms with Crippen LogP contribution in [0.4, 0.5) is 23.3 Å². The zero-order chi connectivity index (χ0) is 32.8. The highest BCUT2D eigenvalue weighted by Gasteiger charge is 2.22. The number of carbonyl (C=O) groups is 4. The number of esters is 1. The molecule has 0 saturated carbocycles. The molecule has 2 amide bonds.